The summed E-state index contributed by atoms with van der Waals surface area (Å²) < 4.78 is 32.7. The van der Waals surface area contributed by atoms with E-state index in [0.29, 0.717) is 22.5 Å². The molecule has 8 nitrogen and oxygen atoms in total. The van der Waals surface area contributed by atoms with E-state index in [1.807, 2.05) is 56.3 Å². The van der Waals surface area contributed by atoms with Gasteiger partial charge in [-0.05, 0) is 57.2 Å². The lowest BCUT2D eigenvalue weighted by molar-refractivity contribution is -0.140. The largest absolute Gasteiger partial charge is 0.497 e. The number of hydrogen-bond acceptors (Lipinski definition) is 5. The molecule has 3 rings (SSSR count). The van der Waals surface area contributed by atoms with E-state index in [1.165, 1.54) is 4.90 Å². The fourth-order valence-corrected chi connectivity index (χ4v) is 5.67. The normalized spacial score (nSPS) is 12.1. The Morgan fingerprint density at radius 2 is 1.60 bits per heavy atom. The summed E-state index contributed by atoms with van der Waals surface area (Å²) in [6, 6.07) is 22.6. The Morgan fingerprint density at radius 3 is 2.23 bits per heavy atom. The maximum Gasteiger partial charge on any atom is 0.244 e. The van der Waals surface area contributed by atoms with E-state index < -0.39 is 28.5 Å². The molecule has 0 spiro atoms. The van der Waals surface area contributed by atoms with Crippen LogP contribution in [-0.4, -0.2) is 57.6 Å². The van der Waals surface area contributed by atoms with Crippen molar-refractivity contribution in [1.82, 2.24) is 10.2 Å². The second kappa shape index (κ2) is 14.3. The van der Waals surface area contributed by atoms with Crippen molar-refractivity contribution < 1.29 is 22.7 Å². The third kappa shape index (κ3) is 8.82. The Labute approximate surface area is 245 Å². The lowest BCUT2D eigenvalue weighted by atomic mass is 10.0. The third-order valence-electron chi connectivity index (χ3n) is 6.24. The Hall–Kier alpha value is -3.37. The average molecular weight is 631 g/mol. The highest BCUT2D eigenvalue weighted by Gasteiger charge is 2.33. The van der Waals surface area contributed by atoms with Gasteiger partial charge in [-0.2, -0.15) is 0 Å². The van der Waals surface area contributed by atoms with Crippen LogP contribution in [-0.2, 0) is 32.6 Å². The van der Waals surface area contributed by atoms with E-state index in [-0.39, 0.29) is 24.8 Å². The maximum atomic E-state index is 14.1. The summed E-state index contributed by atoms with van der Waals surface area (Å²) >= 11 is 3.41. The molecule has 0 bridgehead atoms. The van der Waals surface area contributed by atoms with Gasteiger partial charge < -0.3 is 15.0 Å². The van der Waals surface area contributed by atoms with Crippen LogP contribution in [0.4, 0.5) is 5.69 Å². The highest BCUT2D eigenvalue weighted by atomic mass is 79.9. The number of carbonyl (C=O) groups excluding carboxylic acids is 2. The van der Waals surface area contributed by atoms with Crippen LogP contribution < -0.4 is 14.4 Å². The Bertz CT molecular complexity index is 1400. The Balaban J connectivity index is 2.07. The van der Waals surface area contributed by atoms with Gasteiger partial charge in [-0.1, -0.05) is 68.4 Å². The number of nitrogens with one attached hydrogen (secondary N) is 1. The third-order valence-corrected chi connectivity index (χ3v) is 8.04. The molecule has 3 aromatic rings. The van der Waals surface area contributed by atoms with Crippen molar-refractivity contribution in [1.29, 1.82) is 0 Å². The van der Waals surface area contributed by atoms with Crippen LogP contribution in [0.3, 0.4) is 0 Å². The standard InChI is InChI=1S/C30H36BrN3O5S/c1-22(2)19-32-30(36)28(18-23-11-6-5-7-12-23)33(20-24-13-10-14-25(17-24)39-3)29(35)21-34(40(4,37)38)27-16-9-8-15-26(27)31/h5-17,22,28H,18-21H2,1-4H3,(H,32,36)/t28-/m1/s1. The fraction of sp³-hybridized carbons (Fsp3) is 0.333. The van der Waals surface area contributed by atoms with Crippen molar-refractivity contribution in [3.8, 4) is 5.75 Å². The first kappa shape index (κ1) is 31.2. The molecule has 0 unspecified atom stereocenters. The zero-order chi connectivity index (χ0) is 29.3. The summed E-state index contributed by atoms with van der Waals surface area (Å²) in [5.41, 5.74) is 1.96. The van der Waals surface area contributed by atoms with Gasteiger partial charge in [0.2, 0.25) is 21.8 Å². The number of para-hydroxylation sites is 1. The van der Waals surface area contributed by atoms with Crippen LogP contribution in [0.2, 0.25) is 0 Å². The molecule has 0 saturated heterocycles. The van der Waals surface area contributed by atoms with Gasteiger partial charge >= 0.3 is 0 Å². The van der Waals surface area contributed by atoms with Crippen molar-refractivity contribution >= 4 is 43.5 Å². The summed E-state index contributed by atoms with van der Waals surface area (Å²) in [4.78, 5) is 29.2. The molecule has 2 amide bonds. The molecule has 0 radical (unpaired) electrons. The molecule has 0 aliphatic heterocycles. The first-order chi connectivity index (χ1) is 19.0. The zero-order valence-electron chi connectivity index (χ0n) is 23.2. The number of nitrogens with zero attached hydrogens (tertiary/aromatic N) is 2. The van der Waals surface area contributed by atoms with Crippen molar-refractivity contribution in [2.24, 2.45) is 5.92 Å². The molecule has 1 N–H and O–H groups in total. The molecule has 1 atom stereocenters. The number of ether oxygens (including phenoxy) is 1. The molecule has 10 heteroatoms. The van der Waals surface area contributed by atoms with Crippen LogP contribution in [0.5, 0.6) is 5.75 Å². The van der Waals surface area contributed by atoms with E-state index in [1.54, 1.807) is 43.5 Å². The number of amides is 2. The molecule has 3 aromatic carbocycles. The quantitative estimate of drug-likeness (QED) is 0.297. The summed E-state index contributed by atoms with van der Waals surface area (Å²) in [6.07, 6.45) is 1.32. The molecular formula is C30H36BrN3O5S. The molecule has 40 heavy (non-hydrogen) atoms. The summed E-state index contributed by atoms with van der Waals surface area (Å²) in [5, 5.41) is 2.97. The van der Waals surface area contributed by atoms with Gasteiger partial charge in [-0.25, -0.2) is 8.42 Å². The van der Waals surface area contributed by atoms with Gasteiger partial charge in [0, 0.05) is 24.0 Å². The number of benzene rings is 3. The van der Waals surface area contributed by atoms with Gasteiger partial charge in [-0.15, -0.1) is 0 Å². The fourth-order valence-electron chi connectivity index (χ4n) is 4.19. The van der Waals surface area contributed by atoms with Crippen molar-refractivity contribution in [2.75, 3.05) is 30.8 Å². The predicted octanol–water partition coefficient (Wildman–Crippen LogP) is 4.64. The van der Waals surface area contributed by atoms with E-state index in [4.69, 9.17) is 4.74 Å². The molecule has 0 saturated carbocycles. The number of halogens is 1. The summed E-state index contributed by atoms with van der Waals surface area (Å²) in [6.45, 7) is 4.03. The van der Waals surface area contributed by atoms with Crippen molar-refractivity contribution in [3.63, 3.8) is 0 Å². The van der Waals surface area contributed by atoms with E-state index in [9.17, 15) is 18.0 Å². The molecule has 0 aliphatic carbocycles. The number of sulfonamides is 1. The van der Waals surface area contributed by atoms with Gasteiger partial charge in [0.1, 0.15) is 18.3 Å². The first-order valence-electron chi connectivity index (χ1n) is 13.0. The number of anilines is 1. The smallest absolute Gasteiger partial charge is 0.244 e. The van der Waals surface area contributed by atoms with Gasteiger partial charge in [0.05, 0.1) is 19.1 Å². The van der Waals surface area contributed by atoms with E-state index in [2.05, 4.69) is 21.2 Å². The minimum absolute atomic E-state index is 0.0796. The minimum atomic E-state index is -3.84. The zero-order valence-corrected chi connectivity index (χ0v) is 25.6. The molecule has 0 aliphatic rings. The molecule has 0 aromatic heterocycles. The van der Waals surface area contributed by atoms with Crippen LogP contribution in [0.25, 0.3) is 0 Å². The van der Waals surface area contributed by atoms with E-state index in [0.717, 1.165) is 21.7 Å². The van der Waals surface area contributed by atoms with Crippen LogP contribution in [0.15, 0.2) is 83.3 Å². The number of rotatable bonds is 13. The number of methoxy groups -OCH3 is 1. The second-order valence-corrected chi connectivity index (χ2v) is 12.7. The molecular weight excluding hydrogens is 594 g/mol. The molecule has 214 valence electrons. The second-order valence-electron chi connectivity index (χ2n) is 9.94. The Morgan fingerprint density at radius 1 is 0.950 bits per heavy atom. The van der Waals surface area contributed by atoms with Crippen LogP contribution >= 0.6 is 15.9 Å². The highest BCUT2D eigenvalue weighted by Crippen LogP contribution is 2.28. The molecule has 0 heterocycles. The number of carbonyl (C=O) groups is 2. The van der Waals surface area contributed by atoms with Gasteiger partial charge in [-0.3, -0.25) is 13.9 Å². The van der Waals surface area contributed by atoms with Gasteiger partial charge in [0.25, 0.3) is 0 Å². The van der Waals surface area contributed by atoms with Crippen LogP contribution in [0.1, 0.15) is 25.0 Å². The highest BCUT2D eigenvalue weighted by molar-refractivity contribution is 9.10. The Kier molecular flexibility index (Phi) is 11.2. The minimum Gasteiger partial charge on any atom is -0.497 e. The summed E-state index contributed by atoms with van der Waals surface area (Å²) in [5.74, 6) is 0.00462. The SMILES string of the molecule is COc1cccc(CN(C(=O)CN(c2ccccc2Br)S(C)(=O)=O)[C@H](Cc2ccccc2)C(=O)NCC(C)C)c1. The lowest BCUT2D eigenvalue weighted by Gasteiger charge is -2.34. The topological polar surface area (TPSA) is 96.0 Å². The maximum absolute atomic E-state index is 14.1. The first-order valence-corrected chi connectivity index (χ1v) is 15.6. The summed E-state index contributed by atoms with van der Waals surface area (Å²) in [7, 11) is -2.29. The molecule has 0 fully saturated rings. The van der Waals surface area contributed by atoms with Crippen LogP contribution in [0, 0.1) is 5.92 Å². The lowest BCUT2D eigenvalue weighted by Crippen LogP contribution is -2.53. The van der Waals surface area contributed by atoms with Crippen molar-refractivity contribution in [3.05, 3.63) is 94.5 Å². The van der Waals surface area contributed by atoms with E-state index >= 15 is 0 Å². The predicted molar refractivity (Wildman–Crippen MR) is 162 cm³/mol. The average Bonchev–Trinajstić information content (AvgIpc) is 2.92. The van der Waals surface area contributed by atoms with Crippen molar-refractivity contribution in [2.45, 2.75) is 32.9 Å². The van der Waals surface area contributed by atoms with Gasteiger partial charge in [0.15, 0.2) is 0 Å². The number of hydrogen-bond donors (Lipinski definition) is 1. The monoisotopic (exact) mass is 629 g/mol.